The Morgan fingerprint density at radius 2 is 1.92 bits per heavy atom. The molecule has 0 N–H and O–H groups in total. The zero-order valence-electron chi connectivity index (χ0n) is 12.3. The third-order valence-electron chi connectivity index (χ3n) is 3.71. The highest BCUT2D eigenvalue weighted by Gasteiger charge is 2.58. The van der Waals surface area contributed by atoms with Gasteiger partial charge in [0, 0.05) is 27.2 Å². The molecule has 0 aliphatic carbocycles. The number of aromatic nitrogens is 1. The van der Waals surface area contributed by atoms with E-state index in [-0.39, 0.29) is 0 Å². The van der Waals surface area contributed by atoms with E-state index in [1.165, 1.54) is 6.07 Å². The number of benzene rings is 1. The standard InChI is InChI=1S/C15H11BrF4N2O2/c1-14(8-22(23)24,11-4-3-10(17)6-12(11)18)15(19,20)13-5-2-9(16)7-21-13/h2-7H,8H2,1H3/t14-/m0/s1. The molecule has 0 unspecified atom stereocenters. The molecule has 4 nitrogen and oxygen atoms in total. The van der Waals surface area contributed by atoms with Crippen molar-refractivity contribution in [3.05, 3.63) is 74.0 Å². The molecule has 0 aliphatic rings. The van der Waals surface area contributed by atoms with Gasteiger partial charge >= 0.3 is 5.92 Å². The third kappa shape index (κ3) is 3.26. The number of rotatable bonds is 5. The maximum absolute atomic E-state index is 15.0. The molecule has 2 aromatic rings. The van der Waals surface area contributed by atoms with Crippen molar-refractivity contribution in [1.82, 2.24) is 4.98 Å². The van der Waals surface area contributed by atoms with Crippen LogP contribution < -0.4 is 0 Å². The van der Waals surface area contributed by atoms with Crippen LogP contribution in [0.15, 0.2) is 41.0 Å². The number of pyridine rings is 1. The Bertz CT molecular complexity index is 771. The summed E-state index contributed by atoms with van der Waals surface area (Å²) >= 11 is 3.05. The molecule has 1 heterocycles. The van der Waals surface area contributed by atoms with Gasteiger partial charge in [-0.15, -0.1) is 0 Å². The second kappa shape index (κ2) is 6.46. The first-order chi connectivity index (χ1) is 11.1. The van der Waals surface area contributed by atoms with Gasteiger partial charge in [-0.3, -0.25) is 15.1 Å². The summed E-state index contributed by atoms with van der Waals surface area (Å²) in [6.45, 7) is -0.407. The molecule has 0 aliphatic heterocycles. The fraction of sp³-hybridized carbons (Fsp3) is 0.267. The molecule has 9 heteroatoms. The third-order valence-corrected chi connectivity index (χ3v) is 4.18. The van der Waals surface area contributed by atoms with Crippen molar-refractivity contribution in [2.75, 3.05) is 6.54 Å². The van der Waals surface area contributed by atoms with E-state index in [1.807, 2.05) is 0 Å². The smallest absolute Gasteiger partial charge is 0.265 e. The lowest BCUT2D eigenvalue weighted by Crippen LogP contribution is -2.47. The second-order valence-corrected chi connectivity index (χ2v) is 6.30. The van der Waals surface area contributed by atoms with Crippen molar-refractivity contribution in [2.45, 2.75) is 18.3 Å². The summed E-state index contributed by atoms with van der Waals surface area (Å²) in [5.41, 5.74) is -3.97. The molecule has 0 radical (unpaired) electrons. The monoisotopic (exact) mass is 406 g/mol. The first kappa shape index (κ1) is 18.3. The van der Waals surface area contributed by atoms with Crippen LogP contribution >= 0.6 is 15.9 Å². The summed E-state index contributed by atoms with van der Waals surface area (Å²) in [7, 11) is 0. The average Bonchev–Trinajstić information content (AvgIpc) is 2.46. The zero-order valence-corrected chi connectivity index (χ0v) is 13.9. The van der Waals surface area contributed by atoms with Gasteiger partial charge in [-0.25, -0.2) is 8.78 Å². The first-order valence-corrected chi connectivity index (χ1v) is 7.44. The summed E-state index contributed by atoms with van der Waals surface area (Å²) in [5.74, 6) is -6.12. The Hall–Kier alpha value is -2.03. The van der Waals surface area contributed by atoms with Crippen molar-refractivity contribution in [1.29, 1.82) is 0 Å². The first-order valence-electron chi connectivity index (χ1n) is 6.65. The van der Waals surface area contributed by atoms with Crippen molar-refractivity contribution in [3.63, 3.8) is 0 Å². The van der Waals surface area contributed by atoms with Gasteiger partial charge in [0.1, 0.15) is 22.7 Å². The normalized spacial score (nSPS) is 14.2. The van der Waals surface area contributed by atoms with Gasteiger partial charge in [0.25, 0.3) is 0 Å². The van der Waals surface area contributed by atoms with Gasteiger partial charge in [-0.2, -0.15) is 8.78 Å². The van der Waals surface area contributed by atoms with E-state index in [9.17, 15) is 18.9 Å². The molecule has 1 aromatic heterocycles. The van der Waals surface area contributed by atoms with Crippen LogP contribution in [0.1, 0.15) is 18.2 Å². The summed E-state index contributed by atoms with van der Waals surface area (Å²) in [6.07, 6.45) is 1.11. The van der Waals surface area contributed by atoms with Gasteiger partial charge in [-0.1, -0.05) is 6.07 Å². The van der Waals surface area contributed by atoms with Crippen molar-refractivity contribution in [3.8, 4) is 0 Å². The largest absolute Gasteiger partial charge is 0.305 e. The summed E-state index contributed by atoms with van der Waals surface area (Å²) < 4.78 is 57.6. The molecule has 0 saturated carbocycles. The Kier molecular flexibility index (Phi) is 4.93. The van der Waals surface area contributed by atoms with Crippen molar-refractivity contribution < 1.29 is 22.5 Å². The lowest BCUT2D eigenvalue weighted by molar-refractivity contribution is -0.497. The topological polar surface area (TPSA) is 56.0 Å². The molecule has 128 valence electrons. The molecular weight excluding hydrogens is 396 g/mol. The van der Waals surface area contributed by atoms with Gasteiger partial charge in [-0.05, 0) is 41.1 Å². The molecule has 0 saturated heterocycles. The van der Waals surface area contributed by atoms with E-state index in [0.717, 1.165) is 31.3 Å². The van der Waals surface area contributed by atoms with Crippen LogP contribution in [0.25, 0.3) is 0 Å². The molecule has 2 rings (SSSR count). The summed E-state index contributed by atoms with van der Waals surface area (Å²) in [4.78, 5) is 13.6. The van der Waals surface area contributed by atoms with Crippen LogP contribution in [-0.2, 0) is 11.3 Å². The van der Waals surface area contributed by atoms with Gasteiger partial charge in [0.15, 0.2) is 0 Å². The average molecular weight is 407 g/mol. The van der Waals surface area contributed by atoms with Crippen LogP contribution in [0.2, 0.25) is 0 Å². The van der Waals surface area contributed by atoms with Crippen LogP contribution in [0.5, 0.6) is 0 Å². The molecule has 0 amide bonds. The lowest BCUT2D eigenvalue weighted by Gasteiger charge is -2.34. The molecule has 1 atom stereocenters. The number of nitrogens with zero attached hydrogens (tertiary/aromatic N) is 2. The predicted octanol–water partition coefficient (Wildman–Crippen LogP) is 4.45. The Balaban J connectivity index is 2.66. The number of alkyl halides is 2. The van der Waals surface area contributed by atoms with E-state index in [4.69, 9.17) is 0 Å². The lowest BCUT2D eigenvalue weighted by atomic mass is 9.75. The minimum Gasteiger partial charge on any atom is -0.265 e. The van der Waals surface area contributed by atoms with Crippen LogP contribution in [0.3, 0.4) is 0 Å². The Labute approximate surface area is 142 Å². The second-order valence-electron chi connectivity index (χ2n) is 5.38. The highest BCUT2D eigenvalue weighted by atomic mass is 79.9. The Morgan fingerprint density at radius 1 is 1.25 bits per heavy atom. The van der Waals surface area contributed by atoms with Gasteiger partial charge < -0.3 is 0 Å². The SMILES string of the molecule is C[C@](C[N+](=O)[O-])(c1ccc(F)cc1F)C(F)(F)c1ccc(Br)cn1. The van der Waals surface area contributed by atoms with E-state index in [2.05, 4.69) is 20.9 Å². The Morgan fingerprint density at radius 3 is 2.42 bits per heavy atom. The van der Waals surface area contributed by atoms with Gasteiger partial charge in [0.2, 0.25) is 6.54 Å². The minimum absolute atomic E-state index is 0.415. The molecular formula is C15H11BrF4N2O2. The van der Waals surface area contributed by atoms with E-state index in [1.54, 1.807) is 0 Å². The minimum atomic E-state index is -3.88. The van der Waals surface area contributed by atoms with E-state index < -0.39 is 45.7 Å². The molecule has 0 fully saturated rings. The molecule has 0 bridgehead atoms. The van der Waals surface area contributed by atoms with Crippen molar-refractivity contribution in [2.24, 2.45) is 0 Å². The summed E-state index contributed by atoms with van der Waals surface area (Å²) in [5, 5.41) is 10.9. The fourth-order valence-electron chi connectivity index (χ4n) is 2.39. The highest BCUT2D eigenvalue weighted by Crippen LogP contribution is 2.47. The number of hydrogen-bond donors (Lipinski definition) is 0. The highest BCUT2D eigenvalue weighted by molar-refractivity contribution is 9.10. The molecule has 1 aromatic carbocycles. The number of hydrogen-bond acceptors (Lipinski definition) is 3. The molecule has 24 heavy (non-hydrogen) atoms. The van der Waals surface area contributed by atoms with Crippen LogP contribution in [0.4, 0.5) is 17.6 Å². The predicted molar refractivity (Wildman–Crippen MR) is 81.4 cm³/mol. The molecule has 0 spiro atoms. The quantitative estimate of drug-likeness (QED) is 0.418. The van der Waals surface area contributed by atoms with Gasteiger partial charge in [0.05, 0.1) is 0 Å². The number of nitro groups is 1. The van der Waals surface area contributed by atoms with E-state index in [0.29, 0.717) is 10.5 Å². The van der Waals surface area contributed by atoms with Crippen LogP contribution in [0, 0.1) is 21.7 Å². The maximum Gasteiger partial charge on any atom is 0.305 e. The fourth-order valence-corrected chi connectivity index (χ4v) is 2.63. The zero-order chi connectivity index (χ0) is 18.1. The van der Waals surface area contributed by atoms with Crippen LogP contribution in [-0.4, -0.2) is 16.5 Å². The summed E-state index contributed by atoms with van der Waals surface area (Å²) in [6, 6.07) is 4.27. The van der Waals surface area contributed by atoms with E-state index >= 15 is 8.78 Å². The van der Waals surface area contributed by atoms with Crippen molar-refractivity contribution >= 4 is 15.9 Å². The maximum atomic E-state index is 15.0. The number of halogens is 5.